The maximum absolute atomic E-state index is 15.0. The lowest BCUT2D eigenvalue weighted by Gasteiger charge is -2.13. The number of halogens is 1. The summed E-state index contributed by atoms with van der Waals surface area (Å²) in [5.74, 6) is 0.172. The number of nitrogens with zero attached hydrogens (tertiary/aromatic N) is 5. The van der Waals surface area contributed by atoms with Gasteiger partial charge in [0, 0.05) is 48.4 Å². The fraction of sp³-hybridized carbons (Fsp3) is 0.0833. The fourth-order valence-corrected chi connectivity index (χ4v) is 4.56. The summed E-state index contributed by atoms with van der Waals surface area (Å²) in [6.07, 6.45) is 5.26. The number of pyridine rings is 2. The van der Waals surface area contributed by atoms with E-state index >= 15 is 4.39 Å². The van der Waals surface area contributed by atoms with Crippen LogP contribution in [-0.2, 0) is 0 Å². The van der Waals surface area contributed by atoms with Crippen molar-refractivity contribution in [1.82, 2.24) is 30.1 Å². The summed E-state index contributed by atoms with van der Waals surface area (Å²) in [6, 6.07) is 9.28. The highest BCUT2D eigenvalue weighted by Gasteiger charge is 2.18. The number of anilines is 1. The highest BCUT2D eigenvalue weighted by molar-refractivity contribution is 7.08. The van der Waals surface area contributed by atoms with Crippen LogP contribution in [0.3, 0.4) is 0 Å². The molecule has 6 rings (SSSR count). The zero-order valence-corrected chi connectivity index (χ0v) is 18.6. The van der Waals surface area contributed by atoms with Crippen molar-refractivity contribution in [3.63, 3.8) is 0 Å². The number of benzene rings is 1. The van der Waals surface area contributed by atoms with Gasteiger partial charge in [0.15, 0.2) is 11.6 Å². The number of imidazole rings is 1. The highest BCUT2D eigenvalue weighted by Crippen LogP contribution is 2.34. The lowest BCUT2D eigenvalue weighted by atomic mass is 10.0. The van der Waals surface area contributed by atoms with Gasteiger partial charge in [-0.15, -0.1) is 0 Å². The molecule has 0 aliphatic rings. The SMILES string of the molecule is CN(C)c1cncc(-c2cc(F)c3n[nH]c(-c4nc5c(-c6ccsc6)nccc5[nH]4)c3c2)c1. The van der Waals surface area contributed by atoms with Gasteiger partial charge in [-0.25, -0.2) is 9.37 Å². The quantitative estimate of drug-likeness (QED) is 0.367. The zero-order valence-electron chi connectivity index (χ0n) is 17.8. The van der Waals surface area contributed by atoms with Crippen LogP contribution in [0.2, 0.25) is 0 Å². The lowest BCUT2D eigenvalue weighted by molar-refractivity contribution is 0.636. The topological polar surface area (TPSA) is 86.4 Å². The number of fused-ring (bicyclic) bond motifs is 2. The van der Waals surface area contributed by atoms with Crippen molar-refractivity contribution in [1.29, 1.82) is 0 Å². The normalized spacial score (nSPS) is 11.5. The van der Waals surface area contributed by atoms with Gasteiger partial charge in [0.2, 0.25) is 0 Å². The van der Waals surface area contributed by atoms with Crippen LogP contribution in [0.25, 0.3) is 55.8 Å². The second-order valence-corrected chi connectivity index (χ2v) is 8.71. The Morgan fingerprint density at radius 3 is 2.73 bits per heavy atom. The average molecular weight is 456 g/mol. The monoisotopic (exact) mass is 455 g/mol. The van der Waals surface area contributed by atoms with Gasteiger partial charge >= 0.3 is 0 Å². The number of thiophene rings is 1. The first-order chi connectivity index (χ1) is 16.1. The minimum atomic E-state index is -0.406. The minimum absolute atomic E-state index is 0.266. The van der Waals surface area contributed by atoms with Gasteiger partial charge in [0.1, 0.15) is 16.7 Å². The molecule has 2 N–H and O–H groups in total. The molecule has 0 radical (unpaired) electrons. The van der Waals surface area contributed by atoms with Crippen molar-refractivity contribution >= 4 is 39.0 Å². The van der Waals surface area contributed by atoms with Gasteiger partial charge in [-0.1, -0.05) is 0 Å². The Morgan fingerprint density at radius 2 is 1.91 bits per heavy atom. The van der Waals surface area contributed by atoms with Gasteiger partial charge < -0.3 is 9.88 Å². The van der Waals surface area contributed by atoms with Crippen molar-refractivity contribution in [2.24, 2.45) is 0 Å². The number of aromatic nitrogens is 6. The Labute approximate surface area is 192 Å². The Kier molecular flexibility index (Phi) is 4.44. The summed E-state index contributed by atoms with van der Waals surface area (Å²) in [5.41, 5.74) is 6.79. The minimum Gasteiger partial charge on any atom is -0.376 e. The second-order valence-electron chi connectivity index (χ2n) is 7.93. The second kappa shape index (κ2) is 7.49. The van der Waals surface area contributed by atoms with Crippen LogP contribution in [0.1, 0.15) is 0 Å². The predicted octanol–water partition coefficient (Wildman–Crippen LogP) is 5.50. The molecule has 1 aromatic carbocycles. The van der Waals surface area contributed by atoms with Gasteiger partial charge in [-0.3, -0.25) is 15.1 Å². The van der Waals surface area contributed by atoms with Crippen molar-refractivity contribution in [2.75, 3.05) is 19.0 Å². The van der Waals surface area contributed by atoms with Crippen molar-refractivity contribution < 1.29 is 4.39 Å². The summed E-state index contributed by atoms with van der Waals surface area (Å²) in [7, 11) is 3.89. The number of aromatic amines is 2. The molecular weight excluding hydrogens is 437 g/mol. The largest absolute Gasteiger partial charge is 0.376 e. The molecule has 0 saturated carbocycles. The van der Waals surface area contributed by atoms with E-state index in [-0.39, 0.29) is 5.52 Å². The number of hydrogen-bond donors (Lipinski definition) is 2. The number of hydrogen-bond acceptors (Lipinski definition) is 6. The first-order valence-electron chi connectivity index (χ1n) is 10.3. The van der Waals surface area contributed by atoms with E-state index in [9.17, 15) is 0 Å². The van der Waals surface area contributed by atoms with Gasteiger partial charge in [0.05, 0.1) is 23.1 Å². The van der Waals surface area contributed by atoms with Gasteiger partial charge in [0.25, 0.3) is 0 Å². The van der Waals surface area contributed by atoms with Crippen LogP contribution in [-0.4, -0.2) is 44.2 Å². The Morgan fingerprint density at radius 1 is 1.00 bits per heavy atom. The van der Waals surface area contributed by atoms with E-state index in [0.29, 0.717) is 16.9 Å². The van der Waals surface area contributed by atoms with Crippen molar-refractivity contribution in [2.45, 2.75) is 0 Å². The Balaban J connectivity index is 1.52. The molecule has 33 heavy (non-hydrogen) atoms. The lowest BCUT2D eigenvalue weighted by Crippen LogP contribution is -2.08. The van der Waals surface area contributed by atoms with Crippen LogP contribution < -0.4 is 4.90 Å². The third-order valence-corrected chi connectivity index (χ3v) is 6.30. The first-order valence-corrected chi connectivity index (χ1v) is 11.2. The summed E-state index contributed by atoms with van der Waals surface area (Å²) in [6.45, 7) is 0. The molecule has 0 bridgehead atoms. The Hall–Kier alpha value is -4.11. The molecule has 0 spiro atoms. The van der Waals surface area contributed by atoms with Crippen LogP contribution in [0.4, 0.5) is 10.1 Å². The smallest absolute Gasteiger partial charge is 0.157 e. The van der Waals surface area contributed by atoms with Gasteiger partial charge in [-0.05, 0) is 41.3 Å². The molecule has 0 fully saturated rings. The summed E-state index contributed by atoms with van der Waals surface area (Å²) < 4.78 is 15.0. The molecule has 0 atom stereocenters. The van der Waals surface area contributed by atoms with E-state index in [1.165, 1.54) is 6.07 Å². The number of H-pyrrole nitrogens is 2. The number of rotatable bonds is 4. The molecule has 0 amide bonds. The van der Waals surface area contributed by atoms with E-state index in [2.05, 4.69) is 25.1 Å². The molecule has 0 aliphatic heterocycles. The van der Waals surface area contributed by atoms with Crippen molar-refractivity contribution in [3.8, 4) is 33.9 Å². The Bertz CT molecular complexity index is 1620. The van der Waals surface area contributed by atoms with E-state index in [1.54, 1.807) is 29.9 Å². The molecule has 0 aliphatic carbocycles. The molecule has 6 aromatic rings. The molecule has 7 nitrogen and oxygen atoms in total. The van der Waals surface area contributed by atoms with Gasteiger partial charge in [-0.2, -0.15) is 16.4 Å². The number of nitrogens with one attached hydrogen (secondary N) is 2. The molecule has 9 heteroatoms. The van der Waals surface area contributed by atoms with Crippen LogP contribution in [0.5, 0.6) is 0 Å². The molecule has 0 saturated heterocycles. The van der Waals surface area contributed by atoms with E-state index in [1.807, 2.05) is 54.0 Å². The molecule has 5 aromatic heterocycles. The van der Waals surface area contributed by atoms with E-state index < -0.39 is 5.82 Å². The molecule has 0 unspecified atom stereocenters. The summed E-state index contributed by atoms with van der Waals surface area (Å²) >= 11 is 1.61. The third-order valence-electron chi connectivity index (χ3n) is 5.62. The fourth-order valence-electron chi connectivity index (χ4n) is 3.92. The molecular formula is C24H18FN7S. The average Bonchev–Trinajstić information content (AvgIpc) is 3.57. The van der Waals surface area contributed by atoms with Crippen LogP contribution in [0.15, 0.2) is 59.7 Å². The predicted molar refractivity (Wildman–Crippen MR) is 130 cm³/mol. The third kappa shape index (κ3) is 3.25. The molecule has 162 valence electrons. The van der Waals surface area contributed by atoms with E-state index in [4.69, 9.17) is 4.98 Å². The maximum atomic E-state index is 15.0. The molecule has 5 heterocycles. The van der Waals surface area contributed by atoms with Crippen molar-refractivity contribution in [3.05, 3.63) is 65.5 Å². The zero-order chi connectivity index (χ0) is 22.5. The van der Waals surface area contributed by atoms with E-state index in [0.717, 1.165) is 39.1 Å². The van der Waals surface area contributed by atoms with Crippen LogP contribution in [0, 0.1) is 5.82 Å². The first kappa shape index (κ1) is 19.6. The maximum Gasteiger partial charge on any atom is 0.157 e. The highest BCUT2D eigenvalue weighted by atomic mass is 32.1. The summed E-state index contributed by atoms with van der Waals surface area (Å²) in [4.78, 5) is 18.9. The standard InChI is InChI=1S/C24H18FN7S/c1-32(2)16-7-15(10-26-11-16)14-8-17-21(18(25)9-14)30-31-22(17)24-28-19-3-5-27-20(23(19)29-24)13-4-6-33-12-13/h3-12H,1-2H3,(H,28,29)(H,30,31). The van der Waals surface area contributed by atoms with Crippen LogP contribution >= 0.6 is 11.3 Å². The summed E-state index contributed by atoms with van der Waals surface area (Å²) in [5, 5.41) is 11.9.